The van der Waals surface area contributed by atoms with Gasteiger partial charge in [0.15, 0.2) is 5.79 Å². The van der Waals surface area contributed by atoms with Crippen LogP contribution in [0.1, 0.15) is 45.4 Å². The summed E-state index contributed by atoms with van der Waals surface area (Å²) in [5.74, 6) is -0.0895. The number of epoxide rings is 1. The van der Waals surface area contributed by atoms with Gasteiger partial charge in [0.2, 0.25) is 0 Å². The van der Waals surface area contributed by atoms with Crippen LogP contribution in [-0.2, 0) is 9.47 Å². The fourth-order valence-corrected chi connectivity index (χ4v) is 2.04. The average molecular weight is 170 g/mol. The quantitative estimate of drug-likeness (QED) is 0.467. The lowest BCUT2D eigenvalue weighted by Crippen LogP contribution is -2.15. The molecule has 1 heterocycles. The predicted octanol–water partition coefficient (Wildman–Crippen LogP) is 2.47. The number of fused-ring (bicyclic) bond motifs is 1. The van der Waals surface area contributed by atoms with Gasteiger partial charge in [0.1, 0.15) is 6.10 Å². The van der Waals surface area contributed by atoms with Crippen LogP contribution in [0.15, 0.2) is 0 Å². The SMILES string of the molecule is CCCCCOC12CCCC1O2. The Kier molecular flexibility index (Phi) is 2.37. The van der Waals surface area contributed by atoms with Crippen molar-refractivity contribution in [3.8, 4) is 0 Å². The van der Waals surface area contributed by atoms with E-state index in [-0.39, 0.29) is 5.79 Å². The van der Waals surface area contributed by atoms with Gasteiger partial charge in [0.05, 0.1) is 6.61 Å². The third kappa shape index (κ3) is 1.50. The molecule has 2 fully saturated rings. The maximum atomic E-state index is 5.74. The van der Waals surface area contributed by atoms with Crippen LogP contribution in [0.2, 0.25) is 0 Å². The van der Waals surface area contributed by atoms with Crippen molar-refractivity contribution in [3.63, 3.8) is 0 Å². The minimum absolute atomic E-state index is 0.0895. The van der Waals surface area contributed by atoms with Crippen molar-refractivity contribution in [3.05, 3.63) is 0 Å². The summed E-state index contributed by atoms with van der Waals surface area (Å²) in [5, 5.41) is 0. The summed E-state index contributed by atoms with van der Waals surface area (Å²) in [7, 11) is 0. The van der Waals surface area contributed by atoms with Gasteiger partial charge < -0.3 is 9.47 Å². The molecule has 1 saturated heterocycles. The lowest BCUT2D eigenvalue weighted by Gasteiger charge is -2.09. The molecule has 12 heavy (non-hydrogen) atoms. The van der Waals surface area contributed by atoms with Crippen LogP contribution in [0.5, 0.6) is 0 Å². The molecule has 0 N–H and O–H groups in total. The van der Waals surface area contributed by atoms with E-state index >= 15 is 0 Å². The Morgan fingerprint density at radius 1 is 1.50 bits per heavy atom. The number of rotatable bonds is 5. The lowest BCUT2D eigenvalue weighted by molar-refractivity contribution is -0.0488. The van der Waals surface area contributed by atoms with Crippen LogP contribution >= 0.6 is 0 Å². The molecule has 2 aliphatic rings. The lowest BCUT2D eigenvalue weighted by atomic mass is 10.2. The predicted molar refractivity (Wildman–Crippen MR) is 46.9 cm³/mol. The minimum atomic E-state index is -0.0895. The van der Waals surface area contributed by atoms with Crippen molar-refractivity contribution in [2.24, 2.45) is 0 Å². The summed E-state index contributed by atoms with van der Waals surface area (Å²) in [6.45, 7) is 3.11. The number of hydrogen-bond acceptors (Lipinski definition) is 2. The molecule has 0 amide bonds. The molecule has 2 unspecified atom stereocenters. The van der Waals surface area contributed by atoms with Gasteiger partial charge in [0, 0.05) is 6.42 Å². The summed E-state index contributed by atoms with van der Waals surface area (Å²) < 4.78 is 11.2. The Hall–Kier alpha value is -0.0800. The van der Waals surface area contributed by atoms with Gasteiger partial charge in [0.25, 0.3) is 0 Å². The zero-order valence-electron chi connectivity index (χ0n) is 7.84. The summed E-state index contributed by atoms with van der Waals surface area (Å²) >= 11 is 0. The van der Waals surface area contributed by atoms with Crippen molar-refractivity contribution >= 4 is 0 Å². The topological polar surface area (TPSA) is 21.8 Å². The highest BCUT2D eigenvalue weighted by Gasteiger charge is 2.60. The second-order valence-electron chi connectivity index (χ2n) is 3.87. The van der Waals surface area contributed by atoms with E-state index in [1.807, 2.05) is 0 Å². The largest absolute Gasteiger partial charge is 0.347 e. The standard InChI is InChI=1S/C10H18O2/c1-2-3-4-8-11-10-7-5-6-9(10)12-10/h9H,2-8H2,1H3. The van der Waals surface area contributed by atoms with E-state index in [1.54, 1.807) is 0 Å². The molecule has 0 spiro atoms. The van der Waals surface area contributed by atoms with Crippen LogP contribution in [-0.4, -0.2) is 18.5 Å². The monoisotopic (exact) mass is 170 g/mol. The molecule has 1 aliphatic heterocycles. The maximum Gasteiger partial charge on any atom is 0.195 e. The molecule has 0 radical (unpaired) electrons. The van der Waals surface area contributed by atoms with Gasteiger partial charge in [-0.15, -0.1) is 0 Å². The number of unbranched alkanes of at least 4 members (excludes halogenated alkanes) is 2. The van der Waals surface area contributed by atoms with Crippen molar-refractivity contribution in [2.45, 2.75) is 57.3 Å². The smallest absolute Gasteiger partial charge is 0.195 e. The summed E-state index contributed by atoms with van der Waals surface area (Å²) in [6.07, 6.45) is 7.82. The Labute approximate surface area is 74.2 Å². The second kappa shape index (κ2) is 3.35. The van der Waals surface area contributed by atoms with Gasteiger partial charge in [-0.2, -0.15) is 0 Å². The van der Waals surface area contributed by atoms with Crippen LogP contribution in [0.25, 0.3) is 0 Å². The van der Waals surface area contributed by atoms with Crippen LogP contribution in [0.3, 0.4) is 0 Å². The van der Waals surface area contributed by atoms with Gasteiger partial charge in [-0.3, -0.25) is 0 Å². The van der Waals surface area contributed by atoms with Crippen LogP contribution < -0.4 is 0 Å². The van der Waals surface area contributed by atoms with E-state index in [0.29, 0.717) is 6.10 Å². The van der Waals surface area contributed by atoms with E-state index in [4.69, 9.17) is 9.47 Å². The molecular weight excluding hydrogens is 152 g/mol. The first-order valence-corrected chi connectivity index (χ1v) is 5.19. The normalized spacial score (nSPS) is 38.2. The maximum absolute atomic E-state index is 5.74. The zero-order valence-corrected chi connectivity index (χ0v) is 7.84. The molecule has 0 aromatic carbocycles. The van der Waals surface area contributed by atoms with Gasteiger partial charge >= 0.3 is 0 Å². The van der Waals surface area contributed by atoms with Gasteiger partial charge in [-0.1, -0.05) is 19.8 Å². The fourth-order valence-electron chi connectivity index (χ4n) is 2.04. The first kappa shape index (κ1) is 8.52. The van der Waals surface area contributed by atoms with Crippen LogP contribution in [0, 0.1) is 0 Å². The summed E-state index contributed by atoms with van der Waals surface area (Å²) in [6, 6.07) is 0. The zero-order chi connectivity index (χ0) is 8.44. The number of hydrogen-bond donors (Lipinski definition) is 0. The Morgan fingerprint density at radius 3 is 3.00 bits per heavy atom. The van der Waals surface area contributed by atoms with Crippen molar-refractivity contribution in [1.29, 1.82) is 0 Å². The molecule has 2 rings (SSSR count). The third-order valence-electron chi connectivity index (χ3n) is 2.86. The highest BCUT2D eigenvalue weighted by molar-refractivity contribution is 5.00. The minimum Gasteiger partial charge on any atom is -0.347 e. The average Bonchev–Trinajstić information content (AvgIpc) is 2.64. The molecule has 2 atom stereocenters. The summed E-state index contributed by atoms with van der Waals surface area (Å²) in [5.41, 5.74) is 0. The van der Waals surface area contributed by atoms with E-state index in [1.165, 1.54) is 32.1 Å². The van der Waals surface area contributed by atoms with E-state index in [0.717, 1.165) is 13.0 Å². The highest BCUT2D eigenvalue weighted by Crippen LogP contribution is 2.50. The van der Waals surface area contributed by atoms with Crippen molar-refractivity contribution in [2.75, 3.05) is 6.61 Å². The van der Waals surface area contributed by atoms with Crippen molar-refractivity contribution < 1.29 is 9.47 Å². The first-order chi connectivity index (χ1) is 5.87. The third-order valence-corrected chi connectivity index (χ3v) is 2.86. The van der Waals surface area contributed by atoms with Crippen molar-refractivity contribution in [1.82, 2.24) is 0 Å². The fraction of sp³-hybridized carbons (Fsp3) is 1.00. The molecular formula is C10H18O2. The molecule has 0 bridgehead atoms. The van der Waals surface area contributed by atoms with Gasteiger partial charge in [-0.05, 0) is 19.3 Å². The summed E-state index contributed by atoms with van der Waals surface area (Å²) in [4.78, 5) is 0. The molecule has 70 valence electrons. The Bertz CT molecular complexity index is 158. The number of ether oxygens (including phenoxy) is 2. The second-order valence-corrected chi connectivity index (χ2v) is 3.87. The molecule has 1 saturated carbocycles. The van der Waals surface area contributed by atoms with Crippen LogP contribution in [0.4, 0.5) is 0 Å². The first-order valence-electron chi connectivity index (χ1n) is 5.19. The molecule has 0 aromatic heterocycles. The Morgan fingerprint density at radius 2 is 2.42 bits per heavy atom. The molecule has 2 heteroatoms. The molecule has 0 aromatic rings. The van der Waals surface area contributed by atoms with E-state index in [2.05, 4.69) is 6.92 Å². The Balaban J connectivity index is 1.61. The van der Waals surface area contributed by atoms with E-state index in [9.17, 15) is 0 Å². The highest BCUT2D eigenvalue weighted by atomic mass is 16.8. The molecule has 2 nitrogen and oxygen atoms in total. The van der Waals surface area contributed by atoms with E-state index < -0.39 is 0 Å². The van der Waals surface area contributed by atoms with Gasteiger partial charge in [-0.25, -0.2) is 0 Å². The molecule has 1 aliphatic carbocycles.